The number of rotatable bonds is 5. The van der Waals surface area contributed by atoms with Crippen LogP contribution in [0.1, 0.15) is 47.3 Å². The molecule has 1 heterocycles. The zero-order chi connectivity index (χ0) is 14.7. The summed E-state index contributed by atoms with van der Waals surface area (Å²) >= 11 is 0. The number of benzene rings is 1. The summed E-state index contributed by atoms with van der Waals surface area (Å²) in [6.45, 7) is 2.16. The van der Waals surface area contributed by atoms with E-state index < -0.39 is 0 Å². The van der Waals surface area contributed by atoms with Crippen molar-refractivity contribution in [3.8, 4) is 0 Å². The van der Waals surface area contributed by atoms with Crippen LogP contribution in [0.3, 0.4) is 0 Å². The van der Waals surface area contributed by atoms with Crippen LogP contribution < -0.4 is 5.32 Å². The van der Waals surface area contributed by atoms with Crippen LogP contribution in [0.2, 0.25) is 0 Å². The summed E-state index contributed by atoms with van der Waals surface area (Å²) in [4.78, 5) is 4.60. The van der Waals surface area contributed by atoms with E-state index in [2.05, 4.69) is 47.6 Å². The van der Waals surface area contributed by atoms with Crippen LogP contribution in [0.15, 0.2) is 36.5 Å². The van der Waals surface area contributed by atoms with Crippen molar-refractivity contribution < 1.29 is 0 Å². The van der Waals surface area contributed by atoms with Crippen LogP contribution in [-0.4, -0.2) is 12.0 Å². The van der Waals surface area contributed by atoms with E-state index in [1.54, 1.807) is 11.1 Å². The van der Waals surface area contributed by atoms with Gasteiger partial charge in [-0.15, -0.1) is 0 Å². The Morgan fingerprint density at radius 1 is 1.14 bits per heavy atom. The summed E-state index contributed by atoms with van der Waals surface area (Å²) in [7, 11) is 2.04. The lowest BCUT2D eigenvalue weighted by atomic mass is 9.97. The number of fused-ring (bicyclic) bond motifs is 1. The second-order valence-electron chi connectivity index (χ2n) is 5.94. The van der Waals surface area contributed by atoms with Gasteiger partial charge in [0.1, 0.15) is 0 Å². The molecule has 1 aromatic carbocycles. The van der Waals surface area contributed by atoms with Gasteiger partial charge in [0.25, 0.3) is 0 Å². The number of aryl methyl sites for hydroxylation is 3. The maximum absolute atomic E-state index is 4.60. The Morgan fingerprint density at radius 3 is 2.71 bits per heavy atom. The molecule has 1 N–H and O–H groups in total. The van der Waals surface area contributed by atoms with Crippen molar-refractivity contribution >= 4 is 0 Å². The Labute approximate surface area is 127 Å². The topological polar surface area (TPSA) is 24.9 Å². The van der Waals surface area contributed by atoms with Gasteiger partial charge < -0.3 is 5.32 Å². The lowest BCUT2D eigenvalue weighted by Crippen LogP contribution is -2.19. The van der Waals surface area contributed by atoms with Crippen molar-refractivity contribution in [2.75, 3.05) is 7.05 Å². The summed E-state index contributed by atoms with van der Waals surface area (Å²) in [5.74, 6) is 0. The van der Waals surface area contributed by atoms with Gasteiger partial charge in [0.2, 0.25) is 0 Å². The van der Waals surface area contributed by atoms with Gasteiger partial charge in [-0.25, -0.2) is 0 Å². The number of nitrogens with one attached hydrogen (secondary N) is 1. The molecule has 2 aromatic rings. The lowest BCUT2D eigenvalue weighted by molar-refractivity contribution is 0.583. The molecule has 1 aliphatic rings. The number of aromatic nitrogens is 1. The molecule has 21 heavy (non-hydrogen) atoms. The van der Waals surface area contributed by atoms with E-state index in [1.165, 1.54) is 30.4 Å². The molecule has 110 valence electrons. The fourth-order valence-corrected chi connectivity index (χ4v) is 3.19. The Kier molecular flexibility index (Phi) is 4.35. The molecule has 2 heteroatoms. The smallest absolute Gasteiger partial charge is 0.0422 e. The SMILES string of the molecule is CCc1ccc(CC(NC)c2ccc3c(c2)CCC3)nc1. The van der Waals surface area contributed by atoms with E-state index in [0.29, 0.717) is 6.04 Å². The fraction of sp³-hybridized carbons (Fsp3) is 0.421. The molecule has 0 aliphatic heterocycles. The maximum atomic E-state index is 4.60. The molecule has 3 rings (SSSR count). The van der Waals surface area contributed by atoms with E-state index in [0.717, 1.165) is 18.5 Å². The highest BCUT2D eigenvalue weighted by molar-refractivity contribution is 5.37. The van der Waals surface area contributed by atoms with E-state index in [9.17, 15) is 0 Å². The first-order valence-electron chi connectivity index (χ1n) is 8.03. The van der Waals surface area contributed by atoms with Crippen LogP contribution >= 0.6 is 0 Å². The predicted octanol–water partition coefficient (Wildman–Crippen LogP) is 3.64. The van der Waals surface area contributed by atoms with Gasteiger partial charge in [0.15, 0.2) is 0 Å². The summed E-state index contributed by atoms with van der Waals surface area (Å²) in [6, 6.07) is 11.7. The number of hydrogen-bond acceptors (Lipinski definition) is 2. The predicted molar refractivity (Wildman–Crippen MR) is 87.6 cm³/mol. The van der Waals surface area contributed by atoms with Gasteiger partial charge >= 0.3 is 0 Å². The van der Waals surface area contributed by atoms with Crippen molar-refractivity contribution in [2.45, 2.75) is 45.1 Å². The van der Waals surface area contributed by atoms with Crippen LogP contribution in [0.4, 0.5) is 0 Å². The average molecular weight is 280 g/mol. The molecule has 1 unspecified atom stereocenters. The highest BCUT2D eigenvalue weighted by Gasteiger charge is 2.15. The Hall–Kier alpha value is -1.67. The first-order valence-corrected chi connectivity index (χ1v) is 8.03. The van der Waals surface area contributed by atoms with Crippen molar-refractivity contribution in [1.82, 2.24) is 10.3 Å². The minimum atomic E-state index is 0.343. The van der Waals surface area contributed by atoms with Crippen molar-refractivity contribution in [3.63, 3.8) is 0 Å². The molecule has 0 amide bonds. The summed E-state index contributed by atoms with van der Waals surface area (Å²) < 4.78 is 0. The molecule has 0 fully saturated rings. The molecule has 0 saturated carbocycles. The zero-order valence-corrected chi connectivity index (χ0v) is 13.0. The minimum absolute atomic E-state index is 0.343. The quantitative estimate of drug-likeness (QED) is 0.904. The maximum Gasteiger partial charge on any atom is 0.0422 e. The molecule has 0 spiro atoms. The third-order valence-electron chi connectivity index (χ3n) is 4.58. The Bertz CT molecular complexity index is 601. The van der Waals surface area contributed by atoms with E-state index in [1.807, 2.05) is 13.2 Å². The summed E-state index contributed by atoms with van der Waals surface area (Å²) in [5, 5.41) is 3.45. The third kappa shape index (κ3) is 3.16. The van der Waals surface area contributed by atoms with Crippen molar-refractivity contribution in [1.29, 1.82) is 0 Å². The number of likely N-dealkylation sites (N-methyl/N-ethyl adjacent to an activating group) is 1. The van der Waals surface area contributed by atoms with Crippen LogP contribution in [-0.2, 0) is 25.7 Å². The number of pyridine rings is 1. The molecule has 0 saturated heterocycles. The minimum Gasteiger partial charge on any atom is -0.313 e. The van der Waals surface area contributed by atoms with Gasteiger partial charge in [0.05, 0.1) is 0 Å². The summed E-state index contributed by atoms with van der Waals surface area (Å²) in [5.41, 5.74) is 6.94. The Morgan fingerprint density at radius 2 is 2.00 bits per heavy atom. The first-order chi connectivity index (χ1) is 10.3. The van der Waals surface area contributed by atoms with E-state index in [-0.39, 0.29) is 0 Å². The average Bonchev–Trinajstić information content (AvgIpc) is 3.00. The molecule has 0 radical (unpaired) electrons. The summed E-state index contributed by atoms with van der Waals surface area (Å²) in [6.07, 6.45) is 7.80. The largest absolute Gasteiger partial charge is 0.313 e. The van der Waals surface area contributed by atoms with Gasteiger partial charge in [-0.05, 0) is 61.1 Å². The molecular weight excluding hydrogens is 256 g/mol. The van der Waals surface area contributed by atoms with Gasteiger partial charge in [-0.2, -0.15) is 0 Å². The van der Waals surface area contributed by atoms with Crippen LogP contribution in [0.25, 0.3) is 0 Å². The van der Waals surface area contributed by atoms with Crippen molar-refractivity contribution in [3.05, 3.63) is 64.5 Å². The second kappa shape index (κ2) is 6.40. The third-order valence-corrected chi connectivity index (χ3v) is 4.58. The monoisotopic (exact) mass is 280 g/mol. The van der Waals surface area contributed by atoms with E-state index >= 15 is 0 Å². The Balaban J connectivity index is 1.78. The van der Waals surface area contributed by atoms with Gasteiger partial charge in [0, 0.05) is 24.4 Å². The highest BCUT2D eigenvalue weighted by atomic mass is 14.9. The normalized spacial score (nSPS) is 15.0. The molecular formula is C19H24N2. The molecule has 1 aromatic heterocycles. The second-order valence-corrected chi connectivity index (χ2v) is 5.94. The number of hydrogen-bond donors (Lipinski definition) is 1. The zero-order valence-electron chi connectivity index (χ0n) is 13.0. The van der Waals surface area contributed by atoms with Crippen LogP contribution in [0.5, 0.6) is 0 Å². The highest BCUT2D eigenvalue weighted by Crippen LogP contribution is 2.26. The fourth-order valence-electron chi connectivity index (χ4n) is 3.19. The molecule has 1 aliphatic carbocycles. The molecule has 1 atom stereocenters. The number of nitrogens with zero attached hydrogens (tertiary/aromatic N) is 1. The van der Waals surface area contributed by atoms with Crippen molar-refractivity contribution in [2.24, 2.45) is 0 Å². The lowest BCUT2D eigenvalue weighted by Gasteiger charge is -2.17. The van der Waals surface area contributed by atoms with Crippen LogP contribution in [0, 0.1) is 0 Å². The van der Waals surface area contributed by atoms with Gasteiger partial charge in [-0.1, -0.05) is 31.2 Å². The molecule has 0 bridgehead atoms. The first kappa shape index (κ1) is 14.3. The van der Waals surface area contributed by atoms with Gasteiger partial charge in [-0.3, -0.25) is 4.98 Å². The van der Waals surface area contributed by atoms with E-state index in [4.69, 9.17) is 0 Å². The standard InChI is InChI=1S/C19H24N2/c1-3-14-7-10-18(21-13-14)12-19(20-2)17-9-8-15-5-4-6-16(15)11-17/h7-11,13,19-20H,3-6,12H2,1-2H3. The molecule has 2 nitrogen and oxygen atoms in total.